The predicted molar refractivity (Wildman–Crippen MR) is 41.8 cm³/mol. The summed E-state index contributed by atoms with van der Waals surface area (Å²) >= 11 is 0. The SMILES string of the molecule is Cc1ccnnc1C.NC=O. The molecule has 0 fully saturated rings. The first kappa shape index (κ1) is 9.55. The molecule has 4 nitrogen and oxygen atoms in total. The smallest absolute Gasteiger partial charge is 0.204 e. The number of rotatable bonds is 0. The van der Waals surface area contributed by atoms with Crippen LogP contribution in [0.4, 0.5) is 0 Å². The third-order valence-corrected chi connectivity index (χ3v) is 1.17. The molecule has 60 valence electrons. The van der Waals surface area contributed by atoms with Crippen molar-refractivity contribution in [3.63, 3.8) is 0 Å². The third kappa shape index (κ3) is 4.02. The van der Waals surface area contributed by atoms with Gasteiger partial charge in [0.15, 0.2) is 0 Å². The number of nitrogens with zero attached hydrogens (tertiary/aromatic N) is 2. The summed E-state index contributed by atoms with van der Waals surface area (Å²) in [7, 11) is 0. The highest BCUT2D eigenvalue weighted by atomic mass is 16.1. The lowest BCUT2D eigenvalue weighted by Gasteiger charge is -1.91. The Morgan fingerprint density at radius 2 is 2.09 bits per heavy atom. The van der Waals surface area contributed by atoms with Gasteiger partial charge in [-0.25, -0.2) is 0 Å². The van der Waals surface area contributed by atoms with Crippen LogP contribution in [0.5, 0.6) is 0 Å². The van der Waals surface area contributed by atoms with Crippen LogP contribution in [-0.2, 0) is 4.79 Å². The van der Waals surface area contributed by atoms with Crippen LogP contribution in [0.1, 0.15) is 11.3 Å². The Morgan fingerprint density at radius 1 is 1.55 bits per heavy atom. The fourth-order valence-corrected chi connectivity index (χ4v) is 0.465. The van der Waals surface area contributed by atoms with Gasteiger partial charge in [-0.3, -0.25) is 4.79 Å². The van der Waals surface area contributed by atoms with Crippen LogP contribution in [0, 0.1) is 13.8 Å². The van der Waals surface area contributed by atoms with Crippen LogP contribution in [-0.4, -0.2) is 16.6 Å². The minimum atomic E-state index is 0.250. The lowest BCUT2D eigenvalue weighted by molar-refractivity contribution is -0.106. The van der Waals surface area contributed by atoms with Gasteiger partial charge in [0.25, 0.3) is 0 Å². The molecule has 1 heterocycles. The Morgan fingerprint density at radius 3 is 2.36 bits per heavy atom. The van der Waals surface area contributed by atoms with E-state index in [1.54, 1.807) is 6.20 Å². The maximum absolute atomic E-state index is 8.58. The van der Waals surface area contributed by atoms with Gasteiger partial charge >= 0.3 is 0 Å². The zero-order chi connectivity index (χ0) is 8.69. The van der Waals surface area contributed by atoms with Gasteiger partial charge in [0.05, 0.1) is 5.69 Å². The fraction of sp³-hybridized carbons (Fsp3) is 0.286. The van der Waals surface area contributed by atoms with Crippen LogP contribution in [0.15, 0.2) is 12.3 Å². The summed E-state index contributed by atoms with van der Waals surface area (Å²) in [6, 6.07) is 1.95. The van der Waals surface area contributed by atoms with Gasteiger partial charge < -0.3 is 5.73 Å². The third-order valence-electron chi connectivity index (χ3n) is 1.17. The molecule has 0 unspecified atom stereocenters. The monoisotopic (exact) mass is 153 g/mol. The molecule has 4 heteroatoms. The molecule has 1 aromatic rings. The molecule has 2 N–H and O–H groups in total. The summed E-state index contributed by atoms with van der Waals surface area (Å²) in [4.78, 5) is 8.58. The summed E-state index contributed by atoms with van der Waals surface area (Å²) in [5, 5.41) is 7.52. The molecule has 0 radical (unpaired) electrons. The van der Waals surface area contributed by atoms with E-state index in [0.717, 1.165) is 5.69 Å². The molecule has 0 saturated carbocycles. The number of carbonyl (C=O) groups is 1. The van der Waals surface area contributed by atoms with E-state index >= 15 is 0 Å². The number of aryl methyl sites for hydroxylation is 2. The number of aromatic nitrogens is 2. The van der Waals surface area contributed by atoms with E-state index in [1.165, 1.54) is 5.56 Å². The molecule has 0 bridgehead atoms. The summed E-state index contributed by atoms with van der Waals surface area (Å²) < 4.78 is 0. The van der Waals surface area contributed by atoms with E-state index in [-0.39, 0.29) is 6.41 Å². The second-order valence-electron chi connectivity index (χ2n) is 1.94. The summed E-state index contributed by atoms with van der Waals surface area (Å²) in [5.74, 6) is 0. The first-order valence-electron chi connectivity index (χ1n) is 3.12. The van der Waals surface area contributed by atoms with Gasteiger partial charge in [-0.1, -0.05) is 0 Å². The van der Waals surface area contributed by atoms with Crippen LogP contribution >= 0.6 is 0 Å². The van der Waals surface area contributed by atoms with Crippen molar-refractivity contribution >= 4 is 6.41 Å². The number of carbonyl (C=O) groups excluding carboxylic acids is 1. The number of amides is 1. The Balaban J connectivity index is 0.000000292. The molecule has 0 aromatic carbocycles. The van der Waals surface area contributed by atoms with Crippen molar-refractivity contribution < 1.29 is 4.79 Å². The Hall–Kier alpha value is -1.45. The second-order valence-corrected chi connectivity index (χ2v) is 1.94. The van der Waals surface area contributed by atoms with Gasteiger partial charge in [0, 0.05) is 6.20 Å². The fourth-order valence-electron chi connectivity index (χ4n) is 0.465. The normalized spacial score (nSPS) is 7.82. The molecular weight excluding hydrogens is 142 g/mol. The number of nitrogens with two attached hydrogens (primary N) is 1. The first-order valence-corrected chi connectivity index (χ1v) is 3.12. The van der Waals surface area contributed by atoms with Crippen molar-refractivity contribution in [2.45, 2.75) is 13.8 Å². The lowest BCUT2D eigenvalue weighted by atomic mass is 10.3. The average Bonchev–Trinajstić information content (AvgIpc) is 1.97. The molecule has 0 aliphatic carbocycles. The molecule has 0 aliphatic rings. The lowest BCUT2D eigenvalue weighted by Crippen LogP contribution is -1.86. The van der Waals surface area contributed by atoms with Crippen molar-refractivity contribution in [1.29, 1.82) is 0 Å². The van der Waals surface area contributed by atoms with E-state index in [9.17, 15) is 0 Å². The maximum Gasteiger partial charge on any atom is 0.204 e. The first-order chi connectivity index (χ1) is 5.22. The minimum Gasteiger partial charge on any atom is -0.372 e. The average molecular weight is 153 g/mol. The van der Waals surface area contributed by atoms with E-state index in [2.05, 4.69) is 15.9 Å². The Labute approximate surface area is 65.4 Å². The summed E-state index contributed by atoms with van der Waals surface area (Å²) in [6.45, 7) is 3.96. The van der Waals surface area contributed by atoms with Crippen molar-refractivity contribution in [2.24, 2.45) is 5.73 Å². The summed E-state index contributed by atoms with van der Waals surface area (Å²) in [5.41, 5.74) is 6.37. The quantitative estimate of drug-likeness (QED) is 0.541. The molecular formula is C7H11N3O. The molecule has 11 heavy (non-hydrogen) atoms. The molecule has 0 aliphatic heterocycles. The van der Waals surface area contributed by atoms with E-state index in [4.69, 9.17) is 4.79 Å². The van der Waals surface area contributed by atoms with Crippen molar-refractivity contribution in [3.05, 3.63) is 23.5 Å². The van der Waals surface area contributed by atoms with Gasteiger partial charge in [-0.2, -0.15) is 10.2 Å². The van der Waals surface area contributed by atoms with Gasteiger partial charge in [0.2, 0.25) is 6.41 Å². The van der Waals surface area contributed by atoms with E-state index in [1.807, 2.05) is 19.9 Å². The van der Waals surface area contributed by atoms with Gasteiger partial charge in [0.1, 0.15) is 0 Å². The van der Waals surface area contributed by atoms with Crippen LogP contribution in [0.2, 0.25) is 0 Å². The number of hydrogen-bond donors (Lipinski definition) is 1. The molecule has 0 saturated heterocycles. The highest BCUT2D eigenvalue weighted by Crippen LogP contribution is 1.96. The minimum absolute atomic E-state index is 0.250. The van der Waals surface area contributed by atoms with Crippen LogP contribution < -0.4 is 5.73 Å². The second kappa shape index (κ2) is 5.34. The molecule has 0 spiro atoms. The highest BCUT2D eigenvalue weighted by Gasteiger charge is 1.86. The number of hydrogen-bond acceptors (Lipinski definition) is 3. The summed E-state index contributed by atoms with van der Waals surface area (Å²) in [6.07, 6.45) is 1.95. The Kier molecular flexibility index (Phi) is 4.64. The van der Waals surface area contributed by atoms with Crippen LogP contribution in [0.3, 0.4) is 0 Å². The topological polar surface area (TPSA) is 68.9 Å². The number of primary amides is 1. The van der Waals surface area contributed by atoms with Gasteiger partial charge in [-0.15, -0.1) is 0 Å². The zero-order valence-electron chi connectivity index (χ0n) is 6.61. The van der Waals surface area contributed by atoms with E-state index in [0.29, 0.717) is 0 Å². The van der Waals surface area contributed by atoms with E-state index < -0.39 is 0 Å². The molecule has 1 amide bonds. The van der Waals surface area contributed by atoms with Crippen molar-refractivity contribution in [3.8, 4) is 0 Å². The zero-order valence-corrected chi connectivity index (χ0v) is 6.61. The Bertz CT molecular complexity index is 204. The highest BCUT2D eigenvalue weighted by molar-refractivity contribution is 5.42. The molecule has 1 rings (SSSR count). The largest absolute Gasteiger partial charge is 0.372 e. The van der Waals surface area contributed by atoms with Crippen LogP contribution in [0.25, 0.3) is 0 Å². The molecule has 1 aromatic heterocycles. The predicted octanol–water partition coefficient (Wildman–Crippen LogP) is 0.195. The van der Waals surface area contributed by atoms with Crippen molar-refractivity contribution in [2.75, 3.05) is 0 Å². The maximum atomic E-state index is 8.58. The van der Waals surface area contributed by atoms with Gasteiger partial charge in [-0.05, 0) is 25.5 Å². The standard InChI is InChI=1S/C6H8N2.CH3NO/c1-5-3-4-7-8-6(5)2;2-1-3/h3-4H,1-2H3;1H,(H2,2,3). The van der Waals surface area contributed by atoms with Crippen molar-refractivity contribution in [1.82, 2.24) is 10.2 Å². The molecule has 0 atom stereocenters.